The van der Waals surface area contributed by atoms with Crippen molar-refractivity contribution in [2.45, 2.75) is 4.90 Å². The second-order valence-electron chi connectivity index (χ2n) is 3.77. The molecule has 0 radical (unpaired) electrons. The minimum absolute atomic E-state index is 0.0520. The topological polar surface area (TPSA) is 80.0 Å². The molecule has 20 heavy (non-hydrogen) atoms. The maximum atomic E-state index is 11.4. The Morgan fingerprint density at radius 3 is 3.10 bits per heavy atom. The summed E-state index contributed by atoms with van der Waals surface area (Å²) in [6.07, 6.45) is 3.57. The maximum Gasteiger partial charge on any atom is 0.324 e. The number of rotatable bonds is 5. The van der Waals surface area contributed by atoms with E-state index in [0.717, 1.165) is 10.5 Å². The minimum Gasteiger partial charge on any atom is -0.403 e. The van der Waals surface area contributed by atoms with Gasteiger partial charge < -0.3 is 9.73 Å². The number of amides is 2. The van der Waals surface area contributed by atoms with E-state index in [1.807, 2.05) is 30.5 Å². The van der Waals surface area contributed by atoms with Crippen LogP contribution in [0.3, 0.4) is 0 Å². The van der Waals surface area contributed by atoms with Gasteiger partial charge in [-0.2, -0.15) is 0 Å². The number of nitrogens with zero attached hydrogens (tertiary/aromatic N) is 2. The fourth-order valence-electron chi connectivity index (χ4n) is 1.45. The molecule has 1 aromatic carbocycles. The number of benzene rings is 1. The van der Waals surface area contributed by atoms with Gasteiger partial charge in [-0.25, -0.2) is 4.79 Å². The Balaban J connectivity index is 2.08. The molecule has 1 heterocycles. The summed E-state index contributed by atoms with van der Waals surface area (Å²) in [6, 6.07) is 7.35. The first-order valence-corrected chi connectivity index (χ1v) is 7.09. The quantitative estimate of drug-likeness (QED) is 0.654. The molecular formula is C13H14N4O2S. The van der Waals surface area contributed by atoms with Crippen LogP contribution in [0.15, 0.2) is 46.2 Å². The van der Waals surface area contributed by atoms with Crippen molar-refractivity contribution >= 4 is 23.8 Å². The largest absolute Gasteiger partial charge is 0.403 e. The van der Waals surface area contributed by atoms with E-state index in [4.69, 9.17) is 4.42 Å². The first-order chi connectivity index (χ1) is 9.72. The van der Waals surface area contributed by atoms with Crippen LogP contribution in [0.4, 0.5) is 10.8 Å². The third kappa shape index (κ3) is 3.61. The average molecular weight is 290 g/mol. The van der Waals surface area contributed by atoms with E-state index in [1.165, 1.54) is 0 Å². The highest BCUT2D eigenvalue weighted by Gasteiger charge is 2.11. The van der Waals surface area contributed by atoms with Gasteiger partial charge in [-0.3, -0.25) is 5.32 Å². The van der Waals surface area contributed by atoms with Crippen molar-refractivity contribution in [3.8, 4) is 11.5 Å². The van der Waals surface area contributed by atoms with Crippen LogP contribution in [0.2, 0.25) is 0 Å². The summed E-state index contributed by atoms with van der Waals surface area (Å²) in [5.41, 5.74) is 0.809. The summed E-state index contributed by atoms with van der Waals surface area (Å²) in [7, 11) is 0. The number of thioether (sulfide) groups is 1. The molecule has 0 spiro atoms. The molecular weight excluding hydrogens is 276 g/mol. The Labute approximate surface area is 120 Å². The zero-order valence-electron chi connectivity index (χ0n) is 10.9. The SMILES string of the molecule is C=CCNC(=O)Nc1nnc(-c2cccc(SC)c2)o1. The lowest BCUT2D eigenvalue weighted by molar-refractivity contribution is 0.252. The van der Waals surface area contributed by atoms with Gasteiger partial charge in [0, 0.05) is 17.0 Å². The summed E-state index contributed by atoms with van der Waals surface area (Å²) < 4.78 is 5.39. The predicted molar refractivity (Wildman–Crippen MR) is 78.7 cm³/mol. The average Bonchev–Trinajstić information content (AvgIpc) is 2.93. The number of nitrogens with one attached hydrogen (secondary N) is 2. The predicted octanol–water partition coefficient (Wildman–Crippen LogP) is 2.77. The fourth-order valence-corrected chi connectivity index (χ4v) is 1.91. The van der Waals surface area contributed by atoms with Gasteiger partial charge in [0.15, 0.2) is 0 Å². The molecule has 6 nitrogen and oxygen atoms in total. The van der Waals surface area contributed by atoms with E-state index in [9.17, 15) is 4.79 Å². The highest BCUT2D eigenvalue weighted by molar-refractivity contribution is 7.98. The van der Waals surface area contributed by atoms with Crippen LogP contribution < -0.4 is 10.6 Å². The zero-order chi connectivity index (χ0) is 14.4. The standard InChI is InChI=1S/C13H14N4O2S/c1-3-7-14-12(18)15-13-17-16-11(19-13)9-5-4-6-10(8-9)20-2/h3-6,8H,1,7H2,2H3,(H2,14,15,17,18). The molecule has 104 valence electrons. The monoisotopic (exact) mass is 290 g/mol. The Morgan fingerprint density at radius 1 is 1.50 bits per heavy atom. The van der Waals surface area contributed by atoms with Crippen LogP contribution in [0.1, 0.15) is 0 Å². The van der Waals surface area contributed by atoms with Gasteiger partial charge >= 0.3 is 12.0 Å². The fraction of sp³-hybridized carbons (Fsp3) is 0.154. The second-order valence-corrected chi connectivity index (χ2v) is 4.65. The Hall–Kier alpha value is -2.28. The lowest BCUT2D eigenvalue weighted by Gasteiger charge is -2.00. The molecule has 0 aliphatic carbocycles. The number of hydrogen-bond donors (Lipinski definition) is 2. The smallest absolute Gasteiger partial charge is 0.324 e. The molecule has 7 heteroatoms. The van der Waals surface area contributed by atoms with Crippen molar-refractivity contribution in [2.24, 2.45) is 0 Å². The Morgan fingerprint density at radius 2 is 2.35 bits per heavy atom. The van der Waals surface area contributed by atoms with Gasteiger partial charge in [0.05, 0.1) is 0 Å². The molecule has 0 bridgehead atoms. The Kier molecular flexibility index (Phi) is 4.78. The van der Waals surface area contributed by atoms with Crippen LogP contribution in [0.5, 0.6) is 0 Å². The molecule has 1 aromatic heterocycles. The first kappa shape index (κ1) is 14.1. The summed E-state index contributed by atoms with van der Waals surface area (Å²) in [6.45, 7) is 3.87. The number of aromatic nitrogens is 2. The lowest BCUT2D eigenvalue weighted by Crippen LogP contribution is -2.28. The molecule has 2 rings (SSSR count). The minimum atomic E-state index is -0.419. The zero-order valence-corrected chi connectivity index (χ0v) is 11.7. The van der Waals surface area contributed by atoms with Crippen LogP contribution >= 0.6 is 11.8 Å². The molecule has 2 amide bonds. The van der Waals surface area contributed by atoms with Gasteiger partial charge in [0.2, 0.25) is 5.89 Å². The maximum absolute atomic E-state index is 11.4. The van der Waals surface area contributed by atoms with Gasteiger partial charge in [0.25, 0.3) is 0 Å². The molecule has 0 atom stereocenters. The lowest BCUT2D eigenvalue weighted by atomic mass is 10.2. The van der Waals surface area contributed by atoms with Gasteiger partial charge in [-0.05, 0) is 24.5 Å². The third-order valence-electron chi connectivity index (χ3n) is 2.37. The van der Waals surface area contributed by atoms with E-state index >= 15 is 0 Å². The summed E-state index contributed by atoms with van der Waals surface area (Å²) in [5.74, 6) is 0.361. The summed E-state index contributed by atoms with van der Waals surface area (Å²) in [4.78, 5) is 12.5. The highest BCUT2D eigenvalue weighted by Crippen LogP contribution is 2.24. The number of carbonyl (C=O) groups excluding carboxylic acids is 1. The molecule has 0 saturated heterocycles. The van der Waals surface area contributed by atoms with Crippen molar-refractivity contribution in [3.63, 3.8) is 0 Å². The first-order valence-electron chi connectivity index (χ1n) is 5.86. The van der Waals surface area contributed by atoms with Gasteiger partial charge in [0.1, 0.15) is 0 Å². The summed E-state index contributed by atoms with van der Waals surface area (Å²) >= 11 is 1.63. The molecule has 0 aliphatic rings. The summed E-state index contributed by atoms with van der Waals surface area (Å²) in [5, 5.41) is 12.7. The van der Waals surface area contributed by atoms with Crippen molar-refractivity contribution < 1.29 is 9.21 Å². The van der Waals surface area contributed by atoms with Crippen LogP contribution in [-0.2, 0) is 0 Å². The second kappa shape index (κ2) is 6.76. The van der Waals surface area contributed by atoms with E-state index in [1.54, 1.807) is 17.8 Å². The van der Waals surface area contributed by atoms with E-state index in [0.29, 0.717) is 12.4 Å². The van der Waals surface area contributed by atoms with Crippen LogP contribution in [0, 0.1) is 0 Å². The molecule has 0 fully saturated rings. The number of anilines is 1. The highest BCUT2D eigenvalue weighted by atomic mass is 32.2. The van der Waals surface area contributed by atoms with Crippen molar-refractivity contribution in [2.75, 3.05) is 18.1 Å². The van der Waals surface area contributed by atoms with Crippen molar-refractivity contribution in [3.05, 3.63) is 36.9 Å². The van der Waals surface area contributed by atoms with Crippen molar-refractivity contribution in [1.29, 1.82) is 0 Å². The normalized spacial score (nSPS) is 10.1. The van der Waals surface area contributed by atoms with Crippen molar-refractivity contribution in [1.82, 2.24) is 15.5 Å². The molecule has 0 unspecified atom stereocenters. The van der Waals surface area contributed by atoms with Crippen LogP contribution in [0.25, 0.3) is 11.5 Å². The number of urea groups is 1. The van der Waals surface area contributed by atoms with Gasteiger partial charge in [-0.15, -0.1) is 23.4 Å². The molecule has 0 aliphatic heterocycles. The molecule has 2 aromatic rings. The van der Waals surface area contributed by atoms with E-state index in [-0.39, 0.29) is 6.01 Å². The van der Waals surface area contributed by atoms with Crippen LogP contribution in [-0.4, -0.2) is 29.0 Å². The Bertz CT molecular complexity index is 612. The molecule has 2 N–H and O–H groups in total. The number of hydrogen-bond acceptors (Lipinski definition) is 5. The number of carbonyl (C=O) groups is 1. The van der Waals surface area contributed by atoms with Gasteiger partial charge in [-0.1, -0.05) is 17.2 Å². The van der Waals surface area contributed by atoms with E-state index in [2.05, 4.69) is 27.4 Å². The van der Waals surface area contributed by atoms with E-state index < -0.39 is 6.03 Å². The molecule has 0 saturated carbocycles. The third-order valence-corrected chi connectivity index (χ3v) is 3.09.